The van der Waals surface area contributed by atoms with Crippen molar-refractivity contribution in [3.05, 3.63) is 127 Å². The van der Waals surface area contributed by atoms with Gasteiger partial charge in [-0.05, 0) is 0 Å². The van der Waals surface area contributed by atoms with Gasteiger partial charge in [-0.3, -0.25) is 0 Å². The Morgan fingerprint density at radius 2 is 0.938 bits per heavy atom. The average Bonchev–Trinajstić information content (AvgIpc) is 2.86. The van der Waals surface area contributed by atoms with Crippen LogP contribution < -0.4 is 15.9 Å². The predicted octanol–water partition coefficient (Wildman–Crippen LogP) is 6.44. The summed E-state index contributed by atoms with van der Waals surface area (Å²) in [6.45, 7) is -2.93. The molecule has 0 radical (unpaired) electrons. The molecule has 0 aliphatic rings. The van der Waals surface area contributed by atoms with Crippen LogP contribution in [0.15, 0.2) is 121 Å². The van der Waals surface area contributed by atoms with E-state index in [4.69, 9.17) is 0 Å². The average molecular weight is 458 g/mol. The summed E-state index contributed by atoms with van der Waals surface area (Å²) in [6.07, 6.45) is 3.38. The molecule has 0 fully saturated rings. The van der Waals surface area contributed by atoms with Crippen LogP contribution in [-0.4, -0.2) is 6.16 Å². The van der Waals surface area contributed by atoms with Gasteiger partial charge in [-0.15, -0.1) is 12.4 Å². The summed E-state index contributed by atoms with van der Waals surface area (Å²) in [6, 6.07) is 46.4. The van der Waals surface area contributed by atoms with E-state index >= 15 is 0 Å². The van der Waals surface area contributed by atoms with Crippen LogP contribution >= 0.6 is 19.0 Å². The van der Waals surface area contributed by atoms with E-state index in [9.17, 15) is 5.26 Å². The van der Waals surface area contributed by atoms with Gasteiger partial charge in [0.1, 0.15) is 0 Å². The summed E-state index contributed by atoms with van der Waals surface area (Å²) in [5.74, 6) is 0. The summed E-state index contributed by atoms with van der Waals surface area (Å²) >= 11 is 0. The Bertz CT molecular complexity index is 1040. The first kappa shape index (κ1) is 23.7. The molecular weight excluding hydrogens is 429 g/mol. The van der Waals surface area contributed by atoms with Gasteiger partial charge in [-0.2, -0.15) is 0 Å². The van der Waals surface area contributed by atoms with Crippen molar-refractivity contribution in [3.8, 4) is 6.07 Å². The van der Waals surface area contributed by atoms with Crippen LogP contribution in [0.5, 0.6) is 0 Å². The molecule has 4 aromatic rings. The summed E-state index contributed by atoms with van der Waals surface area (Å²) in [7, 11) is 0. The Labute approximate surface area is 198 Å². The maximum atomic E-state index is 9.41. The van der Waals surface area contributed by atoms with Gasteiger partial charge in [0.15, 0.2) is 0 Å². The van der Waals surface area contributed by atoms with E-state index in [-0.39, 0.29) is 12.4 Å². The van der Waals surface area contributed by atoms with Crippen molar-refractivity contribution in [1.29, 1.82) is 5.26 Å². The summed E-state index contributed by atoms with van der Waals surface area (Å²) in [5, 5.41) is 13.6. The fourth-order valence-electron chi connectivity index (χ4n) is 5.04. The zero-order chi connectivity index (χ0) is 21.4. The van der Waals surface area contributed by atoms with Crippen molar-refractivity contribution in [1.82, 2.24) is 0 Å². The molecule has 4 aromatic carbocycles. The van der Waals surface area contributed by atoms with Gasteiger partial charge in [0.05, 0.1) is 0 Å². The zero-order valence-corrected chi connectivity index (χ0v) is 19.9. The van der Waals surface area contributed by atoms with Crippen LogP contribution in [-0.2, 0) is 6.16 Å². The van der Waals surface area contributed by atoms with Crippen molar-refractivity contribution in [2.45, 2.75) is 19.0 Å². The van der Waals surface area contributed by atoms with Crippen LogP contribution in [0.2, 0.25) is 0 Å². The quantitative estimate of drug-likeness (QED) is 0.220. The molecule has 0 saturated carbocycles. The summed E-state index contributed by atoms with van der Waals surface area (Å²) in [5.41, 5.74) is 1.34. The molecule has 162 valence electrons. The van der Waals surface area contributed by atoms with E-state index in [1.807, 2.05) is 0 Å². The monoisotopic (exact) mass is 457 g/mol. The first-order valence-electron chi connectivity index (χ1n) is 10.9. The molecule has 0 atom stereocenters. The van der Waals surface area contributed by atoms with Crippen molar-refractivity contribution >= 4 is 34.9 Å². The topological polar surface area (TPSA) is 23.8 Å². The molecule has 0 amide bonds. The van der Waals surface area contributed by atoms with E-state index in [2.05, 4.69) is 127 Å². The second-order valence-corrected chi connectivity index (χ2v) is 13.5. The van der Waals surface area contributed by atoms with Gasteiger partial charge < -0.3 is 0 Å². The molecule has 0 saturated heterocycles. The number of nitriles is 1. The van der Waals surface area contributed by atoms with Crippen LogP contribution in [0.25, 0.3) is 0 Å². The SMILES string of the molecule is Cl.N#CCCCP(Cc1ccccc1)(c1ccccc1)(c1ccccc1)c1ccccc1. The van der Waals surface area contributed by atoms with Gasteiger partial charge in [-0.25, -0.2) is 0 Å². The molecule has 0 aliphatic carbocycles. The van der Waals surface area contributed by atoms with Gasteiger partial charge >= 0.3 is 186 Å². The van der Waals surface area contributed by atoms with E-state index < -0.39 is 6.60 Å². The minimum absolute atomic E-state index is 0. The molecule has 0 N–H and O–H groups in total. The van der Waals surface area contributed by atoms with Crippen LogP contribution in [0, 0.1) is 11.3 Å². The van der Waals surface area contributed by atoms with Crippen LogP contribution in [0.4, 0.5) is 0 Å². The molecule has 0 bridgehead atoms. The van der Waals surface area contributed by atoms with Crippen LogP contribution in [0.1, 0.15) is 18.4 Å². The van der Waals surface area contributed by atoms with E-state index in [1.165, 1.54) is 21.5 Å². The summed E-state index contributed by atoms with van der Waals surface area (Å²) in [4.78, 5) is 0. The number of unbranched alkanes of at least 4 members (excludes halogenated alkanes) is 1. The Morgan fingerprint density at radius 3 is 1.31 bits per heavy atom. The fraction of sp³-hybridized carbons (Fsp3) is 0.138. The second kappa shape index (κ2) is 10.6. The Kier molecular flexibility index (Phi) is 7.87. The molecule has 0 aromatic heterocycles. The first-order valence-corrected chi connectivity index (χ1v) is 13.5. The molecule has 0 heterocycles. The number of rotatable bonds is 8. The molecule has 1 nitrogen and oxygen atoms in total. The van der Waals surface area contributed by atoms with Gasteiger partial charge in [-0.1, -0.05) is 0 Å². The standard InChI is InChI=1S/C29H28NP.ClH/c30-23-13-14-24-31(27-17-7-2-8-18-27,28-19-9-3-10-20-28,29-21-11-4-12-22-29)25-26-15-5-1-6-16-26;/h1-12,15-22H,13-14,24-25H2;1H. The van der Waals surface area contributed by atoms with Crippen molar-refractivity contribution in [2.75, 3.05) is 6.16 Å². The fourth-order valence-corrected chi connectivity index (χ4v) is 12.0. The van der Waals surface area contributed by atoms with Crippen molar-refractivity contribution in [3.63, 3.8) is 0 Å². The Balaban J connectivity index is 0.00000289. The minimum atomic E-state index is -2.93. The first-order chi connectivity index (χ1) is 15.3. The van der Waals surface area contributed by atoms with Crippen molar-refractivity contribution in [2.24, 2.45) is 0 Å². The number of halogens is 1. The number of hydrogen-bond donors (Lipinski definition) is 0. The predicted molar refractivity (Wildman–Crippen MR) is 142 cm³/mol. The van der Waals surface area contributed by atoms with Crippen LogP contribution in [0.3, 0.4) is 0 Å². The van der Waals surface area contributed by atoms with E-state index in [1.54, 1.807) is 0 Å². The van der Waals surface area contributed by atoms with Gasteiger partial charge in [0.2, 0.25) is 0 Å². The Morgan fingerprint density at radius 1 is 0.562 bits per heavy atom. The number of nitrogens with zero attached hydrogens (tertiary/aromatic N) is 1. The zero-order valence-electron chi connectivity index (χ0n) is 18.2. The number of hydrogen-bond acceptors (Lipinski definition) is 1. The molecule has 0 spiro atoms. The molecule has 4 rings (SSSR count). The molecular formula is C29H29ClNP. The molecule has 0 unspecified atom stereocenters. The molecule has 32 heavy (non-hydrogen) atoms. The van der Waals surface area contributed by atoms with Crippen molar-refractivity contribution < 1.29 is 0 Å². The summed E-state index contributed by atoms with van der Waals surface area (Å²) < 4.78 is 0. The van der Waals surface area contributed by atoms with Gasteiger partial charge in [0, 0.05) is 0 Å². The third-order valence-corrected chi connectivity index (χ3v) is 13.5. The second-order valence-electron chi connectivity index (χ2n) is 8.14. The van der Waals surface area contributed by atoms with E-state index in [0.29, 0.717) is 6.42 Å². The van der Waals surface area contributed by atoms with Gasteiger partial charge in [0.25, 0.3) is 0 Å². The normalized spacial score (nSPS) is 12.0. The van der Waals surface area contributed by atoms with E-state index in [0.717, 1.165) is 18.7 Å². The number of benzene rings is 4. The molecule has 0 aliphatic heterocycles. The third kappa shape index (κ3) is 4.22. The third-order valence-electron chi connectivity index (χ3n) is 6.45. The maximum absolute atomic E-state index is 9.41. The molecule has 3 heteroatoms. The Hall–Kier alpha value is -2.91.